The van der Waals surface area contributed by atoms with Crippen LogP contribution in [0.5, 0.6) is 0 Å². The summed E-state index contributed by atoms with van der Waals surface area (Å²) in [5.74, 6) is -2.92. The molecule has 0 atom stereocenters. The van der Waals surface area contributed by atoms with Gasteiger partial charge in [0.1, 0.15) is 11.3 Å². The minimum absolute atomic E-state index is 0.0215. The highest BCUT2D eigenvalue weighted by molar-refractivity contribution is 6.34. The normalized spacial score (nSPS) is 10.6. The van der Waals surface area contributed by atoms with E-state index in [4.69, 9.17) is 0 Å². The second-order valence-corrected chi connectivity index (χ2v) is 5.02. The number of fused-ring (bicyclic) bond motifs is 1. The summed E-state index contributed by atoms with van der Waals surface area (Å²) < 4.78 is 18.5. The van der Waals surface area contributed by atoms with E-state index in [1.165, 1.54) is 0 Å². The van der Waals surface area contributed by atoms with Crippen LogP contribution in [0.2, 0.25) is 0 Å². The van der Waals surface area contributed by atoms with Crippen molar-refractivity contribution < 1.29 is 23.6 Å². The first kappa shape index (κ1) is 16.5. The van der Waals surface area contributed by atoms with Gasteiger partial charge in [-0.1, -0.05) is 0 Å². The van der Waals surface area contributed by atoms with Crippen molar-refractivity contribution in [2.45, 2.75) is 20.3 Å². The lowest BCUT2D eigenvalue weighted by molar-refractivity contribution is -0.383. The number of hydrogen-bond acceptors (Lipinski definition) is 6. The average Bonchev–Trinajstić information content (AvgIpc) is 2.47. The fourth-order valence-corrected chi connectivity index (χ4v) is 2.46. The molecule has 0 N–H and O–H groups in total. The molecule has 0 aliphatic rings. The Bertz CT molecular complexity index is 848. The van der Waals surface area contributed by atoms with Crippen molar-refractivity contribution >= 4 is 28.3 Å². The molecule has 0 saturated carbocycles. The van der Waals surface area contributed by atoms with Crippen LogP contribution >= 0.6 is 0 Å². The predicted octanol–water partition coefficient (Wildman–Crippen LogP) is 2.18. The van der Waals surface area contributed by atoms with E-state index in [0.717, 1.165) is 13.2 Å². The molecule has 1 aromatic carbocycles. The van der Waals surface area contributed by atoms with Gasteiger partial charge in [0, 0.05) is 17.7 Å². The Kier molecular flexibility index (Phi) is 4.35. The zero-order chi connectivity index (χ0) is 17.3. The first-order chi connectivity index (χ1) is 10.8. The van der Waals surface area contributed by atoms with E-state index in [-0.39, 0.29) is 16.5 Å². The van der Waals surface area contributed by atoms with Gasteiger partial charge in [0.15, 0.2) is 0 Å². The SMILES string of the molecule is COC(=O)C(=O)Cc1cc(F)c2nc(C)cc(C)c2c1[N+](=O)[O-]. The summed E-state index contributed by atoms with van der Waals surface area (Å²) in [6.07, 6.45) is -0.622. The molecule has 7 nitrogen and oxygen atoms in total. The quantitative estimate of drug-likeness (QED) is 0.370. The number of Topliss-reactive ketones (excluding diaryl/α,β-unsaturated/α-hetero) is 1. The summed E-state index contributed by atoms with van der Waals surface area (Å²) >= 11 is 0. The van der Waals surface area contributed by atoms with Crippen molar-refractivity contribution in [2.75, 3.05) is 7.11 Å². The van der Waals surface area contributed by atoms with Crippen molar-refractivity contribution in [3.05, 3.63) is 44.9 Å². The maximum atomic E-state index is 14.3. The van der Waals surface area contributed by atoms with Gasteiger partial charge in [0.25, 0.3) is 5.69 Å². The topological polar surface area (TPSA) is 99.4 Å². The van der Waals surface area contributed by atoms with Gasteiger partial charge < -0.3 is 4.74 Å². The molecule has 0 radical (unpaired) electrons. The second-order valence-electron chi connectivity index (χ2n) is 5.02. The van der Waals surface area contributed by atoms with E-state index < -0.39 is 34.6 Å². The number of aryl methyl sites for hydroxylation is 2. The number of carbonyl (C=O) groups is 2. The lowest BCUT2D eigenvalue weighted by atomic mass is 9.99. The van der Waals surface area contributed by atoms with Crippen LogP contribution in [0.25, 0.3) is 10.9 Å². The summed E-state index contributed by atoms with van der Waals surface area (Å²) in [5.41, 5.74) is 0.225. The van der Waals surface area contributed by atoms with E-state index in [1.807, 2.05) is 0 Å². The van der Waals surface area contributed by atoms with E-state index in [2.05, 4.69) is 9.72 Å². The zero-order valence-corrected chi connectivity index (χ0v) is 12.7. The number of hydrogen-bond donors (Lipinski definition) is 0. The van der Waals surface area contributed by atoms with Crippen molar-refractivity contribution in [1.29, 1.82) is 0 Å². The van der Waals surface area contributed by atoms with E-state index in [9.17, 15) is 24.1 Å². The maximum Gasteiger partial charge on any atom is 0.374 e. The number of nitro groups is 1. The van der Waals surface area contributed by atoms with Crippen LogP contribution in [-0.2, 0) is 20.7 Å². The van der Waals surface area contributed by atoms with Gasteiger partial charge in [-0.25, -0.2) is 14.2 Å². The summed E-state index contributed by atoms with van der Waals surface area (Å²) in [4.78, 5) is 37.6. The molecule has 23 heavy (non-hydrogen) atoms. The zero-order valence-electron chi connectivity index (χ0n) is 12.7. The Morgan fingerprint density at radius 1 is 1.35 bits per heavy atom. The summed E-state index contributed by atoms with van der Waals surface area (Å²) in [7, 11) is 1.02. The number of benzene rings is 1. The molecule has 0 spiro atoms. The molecule has 0 aliphatic carbocycles. The average molecular weight is 320 g/mol. The monoisotopic (exact) mass is 320 g/mol. The molecule has 0 saturated heterocycles. The van der Waals surface area contributed by atoms with E-state index in [1.54, 1.807) is 19.9 Å². The lowest BCUT2D eigenvalue weighted by Crippen LogP contribution is -2.18. The van der Waals surface area contributed by atoms with E-state index in [0.29, 0.717) is 11.3 Å². The highest BCUT2D eigenvalue weighted by Gasteiger charge is 2.27. The van der Waals surface area contributed by atoms with Crippen molar-refractivity contribution in [1.82, 2.24) is 4.98 Å². The number of ether oxygens (including phenoxy) is 1. The lowest BCUT2D eigenvalue weighted by Gasteiger charge is -2.09. The third-order valence-corrected chi connectivity index (χ3v) is 3.36. The minimum atomic E-state index is -1.14. The summed E-state index contributed by atoms with van der Waals surface area (Å²) in [6, 6.07) is 2.45. The van der Waals surface area contributed by atoms with Gasteiger partial charge in [-0.05, 0) is 31.5 Å². The van der Waals surface area contributed by atoms with Crippen LogP contribution in [0, 0.1) is 29.8 Å². The first-order valence-corrected chi connectivity index (χ1v) is 6.61. The number of ketones is 1. The molecule has 120 valence electrons. The maximum absolute atomic E-state index is 14.3. The molecule has 0 amide bonds. The van der Waals surface area contributed by atoms with Crippen LogP contribution in [0.1, 0.15) is 16.8 Å². The second kappa shape index (κ2) is 6.07. The highest BCUT2D eigenvalue weighted by atomic mass is 19.1. The highest BCUT2D eigenvalue weighted by Crippen LogP contribution is 2.34. The molecular formula is C15H13FN2O5. The third kappa shape index (κ3) is 3.01. The number of methoxy groups -OCH3 is 1. The number of esters is 1. The van der Waals surface area contributed by atoms with Crippen molar-refractivity contribution in [3.63, 3.8) is 0 Å². The third-order valence-electron chi connectivity index (χ3n) is 3.36. The fourth-order valence-electron chi connectivity index (χ4n) is 2.46. The van der Waals surface area contributed by atoms with Crippen molar-refractivity contribution in [3.8, 4) is 0 Å². The van der Waals surface area contributed by atoms with Crippen LogP contribution in [0.3, 0.4) is 0 Å². The number of halogens is 1. The van der Waals surface area contributed by atoms with E-state index >= 15 is 0 Å². The smallest absolute Gasteiger partial charge is 0.374 e. The number of nitrogens with zero attached hydrogens (tertiary/aromatic N) is 2. The van der Waals surface area contributed by atoms with Gasteiger partial charge in [-0.2, -0.15) is 0 Å². The van der Waals surface area contributed by atoms with Crippen LogP contribution in [-0.4, -0.2) is 28.8 Å². The Morgan fingerprint density at radius 2 is 2.00 bits per heavy atom. The molecule has 1 aromatic heterocycles. The number of pyridine rings is 1. The largest absolute Gasteiger partial charge is 0.463 e. The van der Waals surface area contributed by atoms with Gasteiger partial charge in [0.2, 0.25) is 5.78 Å². The fraction of sp³-hybridized carbons (Fsp3) is 0.267. The number of nitro benzene ring substituents is 1. The molecule has 8 heteroatoms. The summed E-state index contributed by atoms with van der Waals surface area (Å²) in [5, 5.41) is 11.5. The van der Waals surface area contributed by atoms with Gasteiger partial charge in [0.05, 0.1) is 17.4 Å². The number of aromatic nitrogens is 1. The molecule has 2 aromatic rings. The molecule has 0 unspecified atom stereocenters. The van der Waals surface area contributed by atoms with Crippen molar-refractivity contribution in [2.24, 2.45) is 0 Å². The molecule has 2 rings (SSSR count). The van der Waals surface area contributed by atoms with Crippen LogP contribution < -0.4 is 0 Å². The molecule has 0 aliphatic heterocycles. The van der Waals surface area contributed by atoms with Crippen LogP contribution in [0.4, 0.5) is 10.1 Å². The van der Waals surface area contributed by atoms with Gasteiger partial charge in [-0.3, -0.25) is 14.9 Å². The number of carbonyl (C=O) groups excluding carboxylic acids is 2. The summed E-state index contributed by atoms with van der Waals surface area (Å²) in [6.45, 7) is 3.24. The van der Waals surface area contributed by atoms with Gasteiger partial charge >= 0.3 is 5.97 Å². The Balaban J connectivity index is 2.76. The van der Waals surface area contributed by atoms with Gasteiger partial charge in [-0.15, -0.1) is 0 Å². The predicted molar refractivity (Wildman–Crippen MR) is 78.6 cm³/mol. The standard InChI is InChI=1S/C15H13FN2O5/c1-7-4-8(2)17-13-10(16)5-9(6-11(19)15(20)23-3)14(12(7)13)18(21)22/h4-5H,6H2,1-3H3. The Labute approximate surface area is 130 Å². The van der Waals surface area contributed by atoms with Crippen LogP contribution in [0.15, 0.2) is 12.1 Å². The molecule has 0 fully saturated rings. The molecular weight excluding hydrogens is 307 g/mol. The minimum Gasteiger partial charge on any atom is -0.463 e. The first-order valence-electron chi connectivity index (χ1n) is 6.61. The Morgan fingerprint density at radius 3 is 2.57 bits per heavy atom. The molecule has 1 heterocycles. The Hall–Kier alpha value is -2.90. The number of rotatable bonds is 4. The molecule has 0 bridgehead atoms.